The van der Waals surface area contributed by atoms with E-state index in [0.717, 1.165) is 5.56 Å². The highest BCUT2D eigenvalue weighted by Crippen LogP contribution is 2.35. The first-order valence-corrected chi connectivity index (χ1v) is 11.1. The summed E-state index contributed by atoms with van der Waals surface area (Å²) in [5.41, 5.74) is -0.244. The molecule has 2 aliphatic rings. The molecule has 11 nitrogen and oxygen atoms in total. The molecule has 4 rings (SSSR count). The summed E-state index contributed by atoms with van der Waals surface area (Å²) in [5.74, 6) is -0.143. The van der Waals surface area contributed by atoms with Crippen molar-refractivity contribution in [3.05, 3.63) is 41.2 Å². The molecule has 0 aliphatic carbocycles. The zero-order valence-corrected chi connectivity index (χ0v) is 19.5. The van der Waals surface area contributed by atoms with Gasteiger partial charge in [0, 0.05) is 32.9 Å². The van der Waals surface area contributed by atoms with E-state index in [1.165, 1.54) is 15.6 Å². The number of nitrogens with one attached hydrogen (secondary N) is 1. The van der Waals surface area contributed by atoms with Gasteiger partial charge in [-0.1, -0.05) is 6.07 Å². The molecular weight excluding hydrogens is 444 g/mol. The number of rotatable bonds is 9. The van der Waals surface area contributed by atoms with Crippen molar-refractivity contribution in [2.45, 2.75) is 38.9 Å². The first-order valence-electron chi connectivity index (χ1n) is 11.1. The van der Waals surface area contributed by atoms with Gasteiger partial charge in [-0.3, -0.25) is 14.3 Å². The molecule has 0 unspecified atom stereocenters. The summed E-state index contributed by atoms with van der Waals surface area (Å²) >= 11 is 0. The Balaban J connectivity index is 1.65. The van der Waals surface area contributed by atoms with Crippen molar-refractivity contribution in [1.82, 2.24) is 20.0 Å². The first-order chi connectivity index (χ1) is 16.4. The van der Waals surface area contributed by atoms with Gasteiger partial charge in [-0.25, -0.2) is 4.79 Å². The van der Waals surface area contributed by atoms with Gasteiger partial charge in [-0.2, -0.15) is 5.10 Å². The van der Waals surface area contributed by atoms with Gasteiger partial charge in [-0.15, -0.1) is 0 Å². The average Bonchev–Trinajstić information content (AvgIpc) is 3.46. The zero-order chi connectivity index (χ0) is 24.3. The van der Waals surface area contributed by atoms with E-state index in [2.05, 4.69) is 10.4 Å². The van der Waals surface area contributed by atoms with E-state index in [1.54, 1.807) is 33.1 Å². The minimum absolute atomic E-state index is 0.0259. The summed E-state index contributed by atoms with van der Waals surface area (Å²) in [4.78, 5) is 40.7. The molecule has 0 saturated heterocycles. The summed E-state index contributed by atoms with van der Waals surface area (Å²) in [7, 11) is 1.59. The monoisotopic (exact) mass is 472 g/mol. The van der Waals surface area contributed by atoms with Gasteiger partial charge >= 0.3 is 5.97 Å². The fourth-order valence-electron chi connectivity index (χ4n) is 4.03. The van der Waals surface area contributed by atoms with Gasteiger partial charge in [0.05, 0.1) is 13.2 Å². The normalized spacial score (nSPS) is 18.6. The van der Waals surface area contributed by atoms with Crippen LogP contribution in [0, 0.1) is 0 Å². The molecule has 0 spiro atoms. The second-order valence-corrected chi connectivity index (χ2v) is 8.25. The summed E-state index contributed by atoms with van der Waals surface area (Å²) < 4.78 is 22.3. The Morgan fingerprint density at radius 2 is 2.03 bits per heavy atom. The topological polar surface area (TPSA) is 121 Å². The van der Waals surface area contributed by atoms with E-state index in [-0.39, 0.29) is 43.8 Å². The van der Waals surface area contributed by atoms with Gasteiger partial charge in [0.2, 0.25) is 12.7 Å². The third-order valence-corrected chi connectivity index (χ3v) is 5.86. The van der Waals surface area contributed by atoms with Crippen LogP contribution in [0.5, 0.6) is 11.5 Å². The summed E-state index contributed by atoms with van der Waals surface area (Å²) in [6.07, 6.45) is 0.633. The smallest absolute Gasteiger partial charge is 0.358 e. The molecule has 1 aromatic carbocycles. The van der Waals surface area contributed by atoms with Crippen LogP contribution in [0.25, 0.3) is 0 Å². The number of hydrogen-bond donors (Lipinski definition) is 1. The van der Waals surface area contributed by atoms with Gasteiger partial charge in [-0.05, 0) is 38.0 Å². The Morgan fingerprint density at radius 1 is 1.24 bits per heavy atom. The Labute approximate surface area is 196 Å². The van der Waals surface area contributed by atoms with Crippen molar-refractivity contribution < 1.29 is 33.3 Å². The van der Waals surface area contributed by atoms with Crippen molar-refractivity contribution in [3.8, 4) is 11.5 Å². The lowest BCUT2D eigenvalue weighted by atomic mass is 9.94. The fraction of sp³-hybridized carbons (Fsp3) is 0.478. The number of nitrogens with zero attached hydrogens (tertiary/aromatic N) is 3. The standard InChI is InChI=1S/C23H28N4O7/c1-4-32-21(29)16-11-17-20(28)26(12-15-6-7-18-19(10-15)34-14-33-18)23(2,13-27(17)25-16)22(30)24-8-5-9-31-3/h6-7,10-11H,4-5,8-9,12-14H2,1-3H3,(H,24,30)/t23-/m1/s1. The van der Waals surface area contributed by atoms with Gasteiger partial charge < -0.3 is 29.2 Å². The van der Waals surface area contributed by atoms with Crippen LogP contribution in [-0.4, -0.2) is 71.7 Å². The Kier molecular flexibility index (Phi) is 6.73. The fourth-order valence-corrected chi connectivity index (χ4v) is 4.03. The Morgan fingerprint density at radius 3 is 2.79 bits per heavy atom. The second kappa shape index (κ2) is 9.72. The van der Waals surface area contributed by atoms with Crippen molar-refractivity contribution in [2.24, 2.45) is 0 Å². The van der Waals surface area contributed by atoms with E-state index in [0.29, 0.717) is 31.1 Å². The summed E-state index contributed by atoms with van der Waals surface area (Å²) in [6, 6.07) is 6.80. The Bertz CT molecular complexity index is 1100. The van der Waals surface area contributed by atoms with Crippen LogP contribution in [0.15, 0.2) is 24.3 Å². The molecule has 2 amide bonds. The van der Waals surface area contributed by atoms with Crippen LogP contribution in [0.3, 0.4) is 0 Å². The molecule has 1 aromatic heterocycles. The molecule has 1 atom stereocenters. The zero-order valence-electron chi connectivity index (χ0n) is 19.5. The highest BCUT2D eigenvalue weighted by molar-refractivity contribution is 6.01. The van der Waals surface area contributed by atoms with Crippen LogP contribution in [0.1, 0.15) is 46.8 Å². The minimum atomic E-state index is -1.26. The largest absolute Gasteiger partial charge is 0.461 e. The highest BCUT2D eigenvalue weighted by atomic mass is 16.7. The van der Waals surface area contributed by atoms with E-state index in [9.17, 15) is 14.4 Å². The minimum Gasteiger partial charge on any atom is -0.461 e. The number of methoxy groups -OCH3 is 1. The molecule has 0 saturated carbocycles. The summed E-state index contributed by atoms with van der Waals surface area (Å²) in [5, 5.41) is 7.15. The van der Waals surface area contributed by atoms with Crippen LogP contribution in [-0.2, 0) is 27.4 Å². The molecule has 0 fully saturated rings. The van der Waals surface area contributed by atoms with Crippen LogP contribution in [0.2, 0.25) is 0 Å². The third kappa shape index (κ3) is 4.43. The number of benzene rings is 1. The maximum Gasteiger partial charge on any atom is 0.358 e. The van der Waals surface area contributed by atoms with E-state index < -0.39 is 17.4 Å². The van der Waals surface area contributed by atoms with Crippen molar-refractivity contribution in [3.63, 3.8) is 0 Å². The molecule has 3 heterocycles. The number of carbonyl (C=O) groups is 3. The molecule has 182 valence electrons. The van der Waals surface area contributed by atoms with Crippen LogP contribution < -0.4 is 14.8 Å². The molecule has 1 N–H and O–H groups in total. The maximum absolute atomic E-state index is 13.6. The number of hydrogen-bond acceptors (Lipinski definition) is 8. The molecular formula is C23H28N4O7. The lowest BCUT2D eigenvalue weighted by molar-refractivity contribution is -0.133. The number of aromatic nitrogens is 2. The number of ether oxygens (including phenoxy) is 4. The van der Waals surface area contributed by atoms with E-state index >= 15 is 0 Å². The van der Waals surface area contributed by atoms with Crippen molar-refractivity contribution in [2.75, 3.05) is 33.7 Å². The van der Waals surface area contributed by atoms with Crippen molar-refractivity contribution in [1.29, 1.82) is 0 Å². The van der Waals surface area contributed by atoms with Crippen molar-refractivity contribution >= 4 is 17.8 Å². The SMILES string of the molecule is CCOC(=O)c1cc2n(n1)C[C@](C)(C(=O)NCCCOC)N(Cc1ccc3c(c1)OCO3)C2=O. The second-order valence-electron chi connectivity index (χ2n) is 8.25. The molecule has 0 bridgehead atoms. The summed E-state index contributed by atoms with van der Waals surface area (Å²) in [6.45, 7) is 4.84. The highest BCUT2D eigenvalue weighted by Gasteiger charge is 2.48. The number of esters is 1. The van der Waals surface area contributed by atoms with Gasteiger partial charge in [0.15, 0.2) is 17.2 Å². The van der Waals surface area contributed by atoms with Gasteiger partial charge in [0.1, 0.15) is 11.2 Å². The molecule has 2 aromatic rings. The molecule has 34 heavy (non-hydrogen) atoms. The molecule has 11 heteroatoms. The molecule has 2 aliphatic heterocycles. The van der Waals surface area contributed by atoms with E-state index in [1.807, 2.05) is 6.07 Å². The lowest BCUT2D eigenvalue weighted by Gasteiger charge is -2.43. The van der Waals surface area contributed by atoms with Crippen LogP contribution >= 0.6 is 0 Å². The first kappa shape index (κ1) is 23.6. The van der Waals surface area contributed by atoms with Crippen LogP contribution in [0.4, 0.5) is 0 Å². The predicted octanol–water partition coefficient (Wildman–Crippen LogP) is 1.36. The van der Waals surface area contributed by atoms with Gasteiger partial charge in [0.25, 0.3) is 5.91 Å². The number of fused-ring (bicyclic) bond motifs is 2. The van der Waals surface area contributed by atoms with E-state index in [4.69, 9.17) is 18.9 Å². The third-order valence-electron chi connectivity index (χ3n) is 5.86. The quantitative estimate of drug-likeness (QED) is 0.429. The predicted molar refractivity (Wildman–Crippen MR) is 119 cm³/mol. The Hall–Kier alpha value is -3.60. The maximum atomic E-state index is 13.6. The lowest BCUT2D eigenvalue weighted by Crippen LogP contribution is -2.63. The average molecular weight is 472 g/mol. The number of amides is 2. The number of carbonyl (C=O) groups excluding carboxylic acids is 3. The molecule has 0 radical (unpaired) electrons.